The molecule has 0 aliphatic carbocycles. The summed E-state index contributed by atoms with van der Waals surface area (Å²) in [7, 11) is -3.95. The normalized spacial score (nSPS) is 12.2. The summed E-state index contributed by atoms with van der Waals surface area (Å²) in [6.07, 6.45) is 1.48. The van der Waals surface area contributed by atoms with Crippen molar-refractivity contribution in [3.8, 4) is 5.69 Å². The largest absolute Gasteiger partial charge is 0.285 e. The molecule has 32 heavy (non-hydrogen) atoms. The van der Waals surface area contributed by atoms with E-state index < -0.39 is 16.7 Å². The second kappa shape index (κ2) is 7.90. The molecule has 0 fully saturated rings. The Morgan fingerprint density at radius 2 is 1.81 bits per heavy atom. The van der Waals surface area contributed by atoms with Crippen molar-refractivity contribution in [3.63, 3.8) is 0 Å². The van der Waals surface area contributed by atoms with Crippen LogP contribution in [-0.2, 0) is 22.1 Å². The van der Waals surface area contributed by atoms with E-state index >= 15 is 0 Å². The van der Waals surface area contributed by atoms with E-state index in [0.717, 1.165) is 10.3 Å². The van der Waals surface area contributed by atoms with Crippen LogP contribution in [0.15, 0.2) is 71.8 Å². The fourth-order valence-electron chi connectivity index (χ4n) is 3.48. The molecule has 0 spiro atoms. The Morgan fingerprint density at radius 1 is 1.09 bits per heavy atom. The second-order valence-electron chi connectivity index (χ2n) is 8.51. The van der Waals surface area contributed by atoms with Gasteiger partial charge in [-0.3, -0.25) is 9.93 Å². The van der Waals surface area contributed by atoms with Gasteiger partial charge >= 0.3 is 0 Å². The topological polar surface area (TPSA) is 88.1 Å². The molecule has 0 saturated heterocycles. The maximum absolute atomic E-state index is 13.4. The number of rotatable bonds is 5. The summed E-state index contributed by atoms with van der Waals surface area (Å²) in [4.78, 5) is 0.0890. The zero-order valence-electron chi connectivity index (χ0n) is 17.9. The molecule has 0 atom stereocenters. The second-order valence-corrected chi connectivity index (χ2v) is 10.2. The Labute approximate surface area is 185 Å². The molecule has 4 rings (SSSR count). The molecule has 2 aromatic carbocycles. The molecule has 0 aliphatic heterocycles. The first-order valence-corrected chi connectivity index (χ1v) is 11.5. The standard InChI is InChI=1S/C23H24FN4O3S/c1-23(2,3)16-9-11-18(12-10-16)32(30,31)26-22-14-17(15-24)25-28(22)21-8-4-7-20-19(21)6-5-13-27(20)29/h4-14,26,29H,15H2,1-3H3/q+1. The van der Waals surface area contributed by atoms with Crippen LogP contribution >= 0.6 is 0 Å². The van der Waals surface area contributed by atoms with Gasteiger partial charge < -0.3 is 0 Å². The lowest BCUT2D eigenvalue weighted by Gasteiger charge is -2.19. The SMILES string of the molecule is CC(C)(C)c1ccc(S(=O)(=O)Nc2cc(CF)nn2-c2cccc3c2ccc[n+]3O)cc1. The van der Waals surface area contributed by atoms with E-state index in [-0.39, 0.29) is 21.8 Å². The molecule has 2 aromatic heterocycles. The monoisotopic (exact) mass is 455 g/mol. The summed E-state index contributed by atoms with van der Waals surface area (Å²) in [5.74, 6) is 0.0957. The van der Waals surface area contributed by atoms with Crippen LogP contribution in [-0.4, -0.2) is 23.4 Å². The fourth-order valence-corrected chi connectivity index (χ4v) is 4.51. The summed E-state index contributed by atoms with van der Waals surface area (Å²) < 4.78 is 44.4. The van der Waals surface area contributed by atoms with Gasteiger partial charge in [-0.15, -0.1) is 0 Å². The van der Waals surface area contributed by atoms with Crippen molar-refractivity contribution in [1.29, 1.82) is 0 Å². The van der Waals surface area contributed by atoms with Gasteiger partial charge in [-0.2, -0.15) is 5.10 Å². The van der Waals surface area contributed by atoms with Gasteiger partial charge in [0.05, 0.1) is 21.7 Å². The predicted octanol–water partition coefficient (Wildman–Crippen LogP) is 4.12. The van der Waals surface area contributed by atoms with Crippen LogP contribution in [0.1, 0.15) is 32.0 Å². The smallest absolute Gasteiger partial charge is 0.266 e. The molecule has 0 aliphatic rings. The molecule has 2 heterocycles. The number of benzene rings is 2. The van der Waals surface area contributed by atoms with E-state index in [1.54, 1.807) is 54.6 Å². The Kier molecular flexibility index (Phi) is 5.37. The third-order valence-electron chi connectivity index (χ3n) is 5.19. The van der Waals surface area contributed by atoms with E-state index in [2.05, 4.69) is 9.82 Å². The Bertz CT molecular complexity index is 1390. The summed E-state index contributed by atoms with van der Waals surface area (Å²) in [6, 6.07) is 16.5. The van der Waals surface area contributed by atoms with Gasteiger partial charge in [0.2, 0.25) is 6.20 Å². The minimum Gasteiger partial charge on any atom is -0.285 e. The van der Waals surface area contributed by atoms with Gasteiger partial charge in [-0.05, 0) is 35.2 Å². The van der Waals surface area contributed by atoms with Gasteiger partial charge in [0, 0.05) is 22.9 Å². The first-order valence-electron chi connectivity index (χ1n) is 10.0. The molecule has 166 valence electrons. The molecule has 0 unspecified atom stereocenters. The van der Waals surface area contributed by atoms with Crippen LogP contribution in [0.25, 0.3) is 16.6 Å². The van der Waals surface area contributed by atoms with Gasteiger partial charge in [-0.1, -0.05) is 39.0 Å². The van der Waals surface area contributed by atoms with Crippen LogP contribution in [0.2, 0.25) is 0 Å². The number of hydrogen-bond acceptors (Lipinski definition) is 4. The summed E-state index contributed by atoms with van der Waals surface area (Å²) in [5.41, 5.74) is 1.97. The van der Waals surface area contributed by atoms with Crippen LogP contribution in [0.4, 0.5) is 10.2 Å². The van der Waals surface area contributed by atoms with Crippen LogP contribution in [0.5, 0.6) is 0 Å². The molecule has 7 nitrogen and oxygen atoms in total. The molecule has 0 saturated carbocycles. The number of alkyl halides is 1. The van der Waals surface area contributed by atoms with Gasteiger partial charge in [0.25, 0.3) is 15.5 Å². The number of nitrogens with zero attached hydrogens (tertiary/aromatic N) is 3. The molecule has 4 aromatic rings. The number of anilines is 1. The minimum absolute atomic E-state index is 0.0792. The first kappa shape index (κ1) is 21.8. The maximum Gasteiger partial charge on any atom is 0.266 e. The van der Waals surface area contributed by atoms with Gasteiger partial charge in [0.15, 0.2) is 0 Å². The summed E-state index contributed by atoms with van der Waals surface area (Å²) in [5, 5.41) is 14.9. The zero-order valence-corrected chi connectivity index (χ0v) is 18.8. The van der Waals surface area contributed by atoms with E-state index in [1.165, 1.54) is 16.9 Å². The molecule has 9 heteroatoms. The highest BCUT2D eigenvalue weighted by atomic mass is 32.2. The van der Waals surface area contributed by atoms with Gasteiger partial charge in [-0.25, -0.2) is 17.5 Å². The maximum atomic E-state index is 13.4. The number of nitrogens with one attached hydrogen (secondary N) is 1. The summed E-state index contributed by atoms with van der Waals surface area (Å²) >= 11 is 0. The molecule has 0 bridgehead atoms. The van der Waals surface area contributed by atoms with Crippen LogP contribution in [0.3, 0.4) is 0 Å². The number of hydrogen-bond donors (Lipinski definition) is 2. The average Bonchev–Trinajstić information content (AvgIpc) is 3.15. The van der Waals surface area contributed by atoms with Crippen molar-refractivity contribution in [3.05, 3.63) is 78.1 Å². The lowest BCUT2D eigenvalue weighted by Crippen LogP contribution is -2.30. The van der Waals surface area contributed by atoms with Crippen LogP contribution in [0, 0.1) is 0 Å². The number of pyridine rings is 1. The van der Waals surface area contributed by atoms with Crippen molar-refractivity contribution in [2.45, 2.75) is 37.8 Å². The molecule has 0 radical (unpaired) electrons. The first-order chi connectivity index (χ1) is 15.1. The average molecular weight is 456 g/mol. The third-order valence-corrected chi connectivity index (χ3v) is 6.56. The highest BCUT2D eigenvalue weighted by molar-refractivity contribution is 7.92. The van der Waals surface area contributed by atoms with E-state index in [9.17, 15) is 18.0 Å². The molecule has 2 N–H and O–H groups in total. The summed E-state index contributed by atoms with van der Waals surface area (Å²) in [6.45, 7) is 5.29. The van der Waals surface area contributed by atoms with Crippen molar-refractivity contribution in [2.24, 2.45) is 0 Å². The third kappa shape index (κ3) is 4.03. The Balaban J connectivity index is 1.78. The number of fused-ring (bicyclic) bond motifs is 1. The Morgan fingerprint density at radius 3 is 2.47 bits per heavy atom. The molecular formula is C23H24FN4O3S+. The quantitative estimate of drug-likeness (QED) is 0.350. The van der Waals surface area contributed by atoms with E-state index in [4.69, 9.17) is 0 Å². The Hall–Kier alpha value is -3.46. The fraction of sp³-hybridized carbons (Fsp3) is 0.217. The highest BCUT2D eigenvalue weighted by Crippen LogP contribution is 2.27. The predicted molar refractivity (Wildman–Crippen MR) is 119 cm³/mol. The highest BCUT2D eigenvalue weighted by Gasteiger charge is 2.22. The number of halogens is 1. The van der Waals surface area contributed by atoms with Crippen molar-refractivity contribution in [2.75, 3.05) is 4.72 Å². The van der Waals surface area contributed by atoms with E-state index in [0.29, 0.717) is 16.6 Å². The van der Waals surface area contributed by atoms with Gasteiger partial charge in [0.1, 0.15) is 12.5 Å². The lowest BCUT2D eigenvalue weighted by atomic mass is 9.87. The number of aromatic nitrogens is 3. The van der Waals surface area contributed by atoms with Crippen LogP contribution < -0.4 is 9.45 Å². The molecule has 0 amide bonds. The van der Waals surface area contributed by atoms with Crippen molar-refractivity contribution < 1.29 is 22.7 Å². The lowest BCUT2D eigenvalue weighted by molar-refractivity contribution is -0.884. The minimum atomic E-state index is -3.95. The van der Waals surface area contributed by atoms with E-state index in [1.807, 2.05) is 20.8 Å². The molecular weight excluding hydrogens is 431 g/mol. The number of sulfonamides is 1. The van der Waals surface area contributed by atoms with Crippen molar-refractivity contribution >= 4 is 26.7 Å². The van der Waals surface area contributed by atoms with Crippen molar-refractivity contribution in [1.82, 2.24) is 9.78 Å². The zero-order chi connectivity index (χ0) is 23.1.